The van der Waals surface area contributed by atoms with Gasteiger partial charge in [-0.15, -0.1) is 0 Å². The van der Waals surface area contributed by atoms with E-state index in [-0.39, 0.29) is 18.1 Å². The molecule has 6 nitrogen and oxygen atoms in total. The Kier molecular flexibility index (Phi) is 9.64. The average Bonchev–Trinajstić information content (AvgIpc) is 2.97. The van der Waals surface area contributed by atoms with Crippen molar-refractivity contribution in [3.63, 3.8) is 0 Å². The van der Waals surface area contributed by atoms with Crippen LogP contribution in [0.25, 0.3) is 0 Å². The smallest absolute Gasteiger partial charge is 0.184 e. The summed E-state index contributed by atoms with van der Waals surface area (Å²) in [6, 6.07) is 30.7. The van der Waals surface area contributed by atoms with Crippen molar-refractivity contribution in [3.8, 4) is 17.2 Å². The highest BCUT2D eigenvalue weighted by atomic mass is 32.2. The van der Waals surface area contributed by atoms with Gasteiger partial charge in [0.2, 0.25) is 0 Å². The van der Waals surface area contributed by atoms with Gasteiger partial charge in [0.25, 0.3) is 0 Å². The lowest BCUT2D eigenvalue weighted by atomic mass is 10.1. The number of ketones is 1. The Morgan fingerprint density at radius 2 is 1.46 bits per heavy atom. The predicted molar refractivity (Wildman–Crippen MR) is 157 cm³/mol. The first-order valence-electron chi connectivity index (χ1n) is 12.6. The molecule has 0 aliphatic rings. The molecule has 7 heteroatoms. The van der Waals surface area contributed by atoms with E-state index in [1.165, 1.54) is 17.3 Å². The minimum absolute atomic E-state index is 0.0233. The summed E-state index contributed by atoms with van der Waals surface area (Å²) in [4.78, 5) is 21.3. The number of aromatic hydroxyl groups is 1. The fraction of sp³-hybridized carbons (Fsp3) is 0.188. The molecular formula is C32H32N2O4S. The molecule has 0 aliphatic carbocycles. The number of rotatable bonds is 10. The van der Waals surface area contributed by atoms with Gasteiger partial charge in [-0.2, -0.15) is 0 Å². The first kappa shape index (κ1) is 27.8. The van der Waals surface area contributed by atoms with E-state index in [4.69, 9.17) is 14.5 Å². The second-order valence-corrected chi connectivity index (χ2v) is 10.1. The molecule has 4 aromatic carbocycles. The summed E-state index contributed by atoms with van der Waals surface area (Å²) in [5, 5.41) is 10.5. The van der Waals surface area contributed by atoms with Gasteiger partial charge >= 0.3 is 0 Å². The number of carbonyl (C=O) groups is 1. The van der Waals surface area contributed by atoms with Crippen LogP contribution in [0.5, 0.6) is 17.2 Å². The molecule has 39 heavy (non-hydrogen) atoms. The van der Waals surface area contributed by atoms with Crippen molar-refractivity contribution in [1.29, 1.82) is 0 Å². The average molecular weight is 541 g/mol. The number of benzene rings is 4. The monoisotopic (exact) mass is 540 g/mol. The molecule has 0 unspecified atom stereocenters. The van der Waals surface area contributed by atoms with E-state index >= 15 is 0 Å². The number of amidine groups is 1. The molecule has 1 N–H and O–H groups in total. The van der Waals surface area contributed by atoms with Crippen LogP contribution in [0.15, 0.2) is 107 Å². The van der Waals surface area contributed by atoms with Gasteiger partial charge in [0.1, 0.15) is 12.3 Å². The van der Waals surface area contributed by atoms with E-state index in [0.29, 0.717) is 30.2 Å². The molecule has 0 bridgehead atoms. The number of hydrogen-bond acceptors (Lipinski definition) is 6. The van der Waals surface area contributed by atoms with Crippen molar-refractivity contribution in [2.45, 2.75) is 24.9 Å². The van der Waals surface area contributed by atoms with E-state index in [2.05, 4.69) is 48.2 Å². The fourth-order valence-electron chi connectivity index (χ4n) is 3.97. The first-order chi connectivity index (χ1) is 18.9. The lowest BCUT2D eigenvalue weighted by molar-refractivity contribution is 0.100. The van der Waals surface area contributed by atoms with Crippen molar-refractivity contribution in [1.82, 2.24) is 4.90 Å². The number of carbonyl (C=O) groups excluding carboxylic acids is 1. The van der Waals surface area contributed by atoms with E-state index in [1.54, 1.807) is 44.6 Å². The number of phenolic OH excluding ortho intramolecular Hbond substituents is 1. The van der Waals surface area contributed by atoms with Crippen LogP contribution >= 0.6 is 11.8 Å². The van der Waals surface area contributed by atoms with Gasteiger partial charge in [-0.25, -0.2) is 0 Å². The molecule has 0 aliphatic heterocycles. The second-order valence-electron chi connectivity index (χ2n) is 9.01. The van der Waals surface area contributed by atoms with Gasteiger partial charge in [0.15, 0.2) is 22.4 Å². The van der Waals surface area contributed by atoms with E-state index in [0.717, 1.165) is 21.2 Å². The van der Waals surface area contributed by atoms with Crippen molar-refractivity contribution < 1.29 is 19.4 Å². The molecular weight excluding hydrogens is 508 g/mol. The lowest BCUT2D eigenvalue weighted by Gasteiger charge is -2.26. The third-order valence-electron chi connectivity index (χ3n) is 6.09. The summed E-state index contributed by atoms with van der Waals surface area (Å²) in [7, 11) is 3.11. The normalized spacial score (nSPS) is 11.2. The highest BCUT2D eigenvalue weighted by Gasteiger charge is 2.17. The van der Waals surface area contributed by atoms with E-state index in [9.17, 15) is 9.90 Å². The topological polar surface area (TPSA) is 71.4 Å². The third-order valence-corrected chi connectivity index (χ3v) is 7.17. The van der Waals surface area contributed by atoms with Crippen LogP contribution in [0.3, 0.4) is 0 Å². The molecule has 200 valence electrons. The van der Waals surface area contributed by atoms with Crippen LogP contribution in [0.1, 0.15) is 27.0 Å². The number of ether oxygens (including phenoxy) is 2. The maximum atomic E-state index is 13.2. The molecule has 0 aromatic heterocycles. The number of methoxy groups -OCH3 is 2. The Labute approximate surface area is 233 Å². The SMILES string of the molecule is COc1ccc(C(=O)CN=C(Sc2ccc(C)cc2)N(Cc2ccccc2)Cc2ccc(O)cc2)cc1OC. The first-order valence-corrected chi connectivity index (χ1v) is 13.4. The van der Waals surface area contributed by atoms with Gasteiger partial charge in [0.05, 0.1) is 14.2 Å². The lowest BCUT2D eigenvalue weighted by Crippen LogP contribution is -2.29. The summed E-state index contributed by atoms with van der Waals surface area (Å²) >= 11 is 1.53. The maximum Gasteiger partial charge on any atom is 0.184 e. The molecule has 0 atom stereocenters. The second kappa shape index (κ2) is 13.5. The van der Waals surface area contributed by atoms with Gasteiger partial charge in [-0.05, 0) is 60.5 Å². The standard InChI is InChI=1S/C32H32N2O4S/c1-23-9-16-28(17-10-23)39-32(33-20-29(36)26-13-18-30(37-2)31(19-26)38-3)34(21-24-7-5-4-6-8-24)22-25-11-14-27(35)15-12-25/h4-19,35H,20-22H2,1-3H3. The predicted octanol–water partition coefficient (Wildman–Crippen LogP) is 6.75. The molecule has 0 fully saturated rings. The van der Waals surface area contributed by atoms with Crippen molar-refractivity contribution >= 4 is 22.7 Å². The van der Waals surface area contributed by atoms with Crippen LogP contribution < -0.4 is 9.47 Å². The highest BCUT2D eigenvalue weighted by Crippen LogP contribution is 2.29. The largest absolute Gasteiger partial charge is 0.508 e. The van der Waals surface area contributed by atoms with Crippen LogP contribution in [-0.4, -0.2) is 41.7 Å². The molecule has 0 heterocycles. The summed E-state index contributed by atoms with van der Waals surface area (Å²) < 4.78 is 10.7. The molecule has 0 spiro atoms. The van der Waals surface area contributed by atoms with Crippen LogP contribution in [0.2, 0.25) is 0 Å². The Hall–Kier alpha value is -4.23. The van der Waals surface area contributed by atoms with Crippen molar-refractivity contribution in [2.24, 2.45) is 4.99 Å². The molecule has 0 radical (unpaired) electrons. The zero-order valence-corrected chi connectivity index (χ0v) is 23.2. The number of nitrogens with zero attached hydrogens (tertiary/aromatic N) is 2. The minimum atomic E-state index is -0.123. The van der Waals surface area contributed by atoms with E-state index in [1.807, 2.05) is 30.3 Å². The Morgan fingerprint density at radius 3 is 2.10 bits per heavy atom. The Balaban J connectivity index is 1.67. The minimum Gasteiger partial charge on any atom is -0.508 e. The zero-order chi connectivity index (χ0) is 27.6. The van der Waals surface area contributed by atoms with Crippen LogP contribution in [-0.2, 0) is 13.1 Å². The van der Waals surface area contributed by atoms with Crippen molar-refractivity contribution in [3.05, 3.63) is 119 Å². The molecule has 0 saturated carbocycles. The summed E-state index contributed by atoms with van der Waals surface area (Å²) in [6.45, 7) is 3.18. The molecule has 4 aromatic rings. The zero-order valence-electron chi connectivity index (χ0n) is 22.3. The summed E-state index contributed by atoms with van der Waals surface area (Å²) in [5.74, 6) is 1.16. The van der Waals surface area contributed by atoms with Crippen LogP contribution in [0.4, 0.5) is 0 Å². The number of hydrogen-bond donors (Lipinski definition) is 1. The number of thioether (sulfide) groups is 1. The number of aliphatic imine (C=N–C) groups is 1. The Morgan fingerprint density at radius 1 is 0.821 bits per heavy atom. The van der Waals surface area contributed by atoms with Gasteiger partial charge in [-0.1, -0.05) is 71.9 Å². The molecule has 0 saturated heterocycles. The summed E-state index contributed by atoms with van der Waals surface area (Å²) in [5.41, 5.74) is 3.82. The fourth-order valence-corrected chi connectivity index (χ4v) is 4.84. The van der Waals surface area contributed by atoms with Crippen molar-refractivity contribution in [2.75, 3.05) is 20.8 Å². The maximum absolute atomic E-state index is 13.2. The Bertz CT molecular complexity index is 1400. The highest BCUT2D eigenvalue weighted by molar-refractivity contribution is 8.13. The van der Waals surface area contributed by atoms with Crippen LogP contribution in [0, 0.1) is 6.92 Å². The van der Waals surface area contributed by atoms with Gasteiger partial charge in [-0.3, -0.25) is 9.79 Å². The molecule has 0 amide bonds. The van der Waals surface area contributed by atoms with Gasteiger partial charge in [0, 0.05) is 23.5 Å². The summed E-state index contributed by atoms with van der Waals surface area (Å²) in [6.07, 6.45) is 0. The molecule has 4 rings (SSSR count). The number of phenols is 1. The quantitative estimate of drug-likeness (QED) is 0.104. The van der Waals surface area contributed by atoms with Gasteiger partial charge < -0.3 is 19.5 Å². The third kappa shape index (κ3) is 7.88. The van der Waals surface area contributed by atoms with E-state index < -0.39 is 0 Å². The number of Topliss-reactive ketones (excluding diaryl/α,β-unsaturated/α-hetero) is 1. The number of aryl methyl sites for hydroxylation is 1.